The Labute approximate surface area is 158 Å². The molecular formula is C19H25N5OS. The van der Waals surface area contributed by atoms with E-state index in [1.54, 1.807) is 12.4 Å². The maximum Gasteiger partial charge on any atom is 0.204 e. The van der Waals surface area contributed by atoms with Crippen LogP contribution in [0.15, 0.2) is 47.7 Å². The molecule has 0 aliphatic rings. The van der Waals surface area contributed by atoms with Gasteiger partial charge in [0.25, 0.3) is 0 Å². The van der Waals surface area contributed by atoms with Crippen LogP contribution in [0, 0.1) is 0 Å². The molecule has 1 aromatic carbocycles. The summed E-state index contributed by atoms with van der Waals surface area (Å²) in [6.07, 6.45) is 3.40. The molecule has 0 spiro atoms. The van der Waals surface area contributed by atoms with Gasteiger partial charge in [-0.15, -0.1) is 0 Å². The number of aromatic nitrogens is 2. The number of thiazole rings is 1. The molecule has 0 saturated heterocycles. The molecule has 2 aromatic heterocycles. The van der Waals surface area contributed by atoms with E-state index in [2.05, 4.69) is 25.4 Å². The minimum Gasteiger partial charge on any atom is -0.492 e. The number of pyridine rings is 1. The van der Waals surface area contributed by atoms with Crippen LogP contribution in [0.5, 0.6) is 5.75 Å². The third-order valence-electron chi connectivity index (χ3n) is 3.21. The molecule has 0 amide bonds. The van der Waals surface area contributed by atoms with Gasteiger partial charge in [-0.05, 0) is 44.4 Å². The number of nitrogens with zero attached hydrogens (tertiary/aromatic N) is 4. The maximum atomic E-state index is 5.75. The number of anilines is 1. The fourth-order valence-corrected chi connectivity index (χ4v) is 2.84. The lowest BCUT2D eigenvalue weighted by atomic mass is 10.3. The molecule has 2 heterocycles. The van der Waals surface area contributed by atoms with Gasteiger partial charge in [-0.1, -0.05) is 31.3 Å². The highest BCUT2D eigenvalue weighted by Gasteiger charge is 2.05. The number of rotatable bonds is 7. The summed E-state index contributed by atoms with van der Waals surface area (Å²) in [5.41, 5.74) is 4.67. The Kier molecular flexibility index (Phi) is 7.98. The molecule has 26 heavy (non-hydrogen) atoms. The molecule has 138 valence electrons. The first-order valence-electron chi connectivity index (χ1n) is 8.59. The number of hydrazone groups is 1. The molecule has 0 bridgehead atoms. The molecule has 1 N–H and O–H groups in total. The van der Waals surface area contributed by atoms with Crippen LogP contribution in [0.1, 0.15) is 19.5 Å². The summed E-state index contributed by atoms with van der Waals surface area (Å²) < 4.78 is 6.81. The van der Waals surface area contributed by atoms with Crippen molar-refractivity contribution in [2.75, 3.05) is 32.7 Å². The highest BCUT2D eigenvalue weighted by molar-refractivity contribution is 7.22. The van der Waals surface area contributed by atoms with E-state index in [1.165, 1.54) is 11.3 Å². The minimum absolute atomic E-state index is 0.663. The largest absolute Gasteiger partial charge is 0.492 e. The standard InChI is InChI=1S/C17H19N5OS.C2H6/c1-22(2)9-10-23-14-6-7-15-16(11-14)24-17(20-15)21-19-12-13-5-3-4-8-18-13;1-2/h3-8,11-12H,9-10H2,1-2H3,(H,20,21);1-2H3/b19-12+;. The average Bonchev–Trinajstić information content (AvgIpc) is 3.06. The molecule has 7 heteroatoms. The SMILES string of the molecule is CC.CN(C)CCOc1ccc2nc(N/N=C/c3ccccn3)sc2c1. The molecule has 0 aliphatic carbocycles. The fraction of sp³-hybridized carbons (Fsp3) is 0.316. The average molecular weight is 372 g/mol. The Bertz CT molecular complexity index is 817. The fourth-order valence-electron chi connectivity index (χ4n) is 1.99. The van der Waals surface area contributed by atoms with Crippen LogP contribution in [-0.2, 0) is 0 Å². The van der Waals surface area contributed by atoms with Gasteiger partial charge in [-0.3, -0.25) is 10.4 Å². The smallest absolute Gasteiger partial charge is 0.204 e. The van der Waals surface area contributed by atoms with Crippen molar-refractivity contribution in [3.63, 3.8) is 0 Å². The number of ether oxygens (including phenoxy) is 1. The van der Waals surface area contributed by atoms with E-state index in [0.717, 1.165) is 33.3 Å². The Morgan fingerprint density at radius 3 is 2.81 bits per heavy atom. The van der Waals surface area contributed by atoms with Crippen molar-refractivity contribution in [3.05, 3.63) is 48.3 Å². The van der Waals surface area contributed by atoms with Crippen molar-refractivity contribution in [2.24, 2.45) is 5.10 Å². The minimum atomic E-state index is 0.663. The summed E-state index contributed by atoms with van der Waals surface area (Å²) >= 11 is 1.54. The van der Waals surface area contributed by atoms with E-state index in [4.69, 9.17) is 4.74 Å². The predicted molar refractivity (Wildman–Crippen MR) is 110 cm³/mol. The number of benzene rings is 1. The van der Waals surface area contributed by atoms with Gasteiger partial charge in [-0.25, -0.2) is 4.98 Å². The molecule has 3 rings (SSSR count). The number of likely N-dealkylation sites (N-methyl/N-ethyl adjacent to an activating group) is 1. The third kappa shape index (κ3) is 6.09. The van der Waals surface area contributed by atoms with Gasteiger partial charge in [0.15, 0.2) is 0 Å². The second-order valence-electron chi connectivity index (χ2n) is 5.42. The monoisotopic (exact) mass is 371 g/mol. The molecule has 0 fully saturated rings. The zero-order valence-corrected chi connectivity index (χ0v) is 16.5. The zero-order valence-electron chi connectivity index (χ0n) is 15.6. The lowest BCUT2D eigenvalue weighted by molar-refractivity contribution is 0.261. The molecular weight excluding hydrogens is 346 g/mol. The quantitative estimate of drug-likeness (QED) is 0.500. The van der Waals surface area contributed by atoms with Crippen LogP contribution in [0.2, 0.25) is 0 Å². The maximum absolute atomic E-state index is 5.75. The Morgan fingerprint density at radius 2 is 2.08 bits per heavy atom. The Morgan fingerprint density at radius 1 is 1.23 bits per heavy atom. The zero-order chi connectivity index (χ0) is 18.8. The summed E-state index contributed by atoms with van der Waals surface area (Å²) in [6.45, 7) is 5.55. The highest BCUT2D eigenvalue weighted by atomic mass is 32.1. The van der Waals surface area contributed by atoms with E-state index < -0.39 is 0 Å². The van der Waals surface area contributed by atoms with E-state index in [0.29, 0.717) is 6.61 Å². The summed E-state index contributed by atoms with van der Waals surface area (Å²) in [6, 6.07) is 11.6. The highest BCUT2D eigenvalue weighted by Crippen LogP contribution is 2.29. The second kappa shape index (κ2) is 10.5. The summed E-state index contributed by atoms with van der Waals surface area (Å²) in [4.78, 5) is 10.8. The topological polar surface area (TPSA) is 62.6 Å². The van der Waals surface area contributed by atoms with Crippen molar-refractivity contribution < 1.29 is 4.74 Å². The van der Waals surface area contributed by atoms with E-state index in [9.17, 15) is 0 Å². The van der Waals surface area contributed by atoms with Crippen LogP contribution in [0.25, 0.3) is 10.2 Å². The number of hydrogen-bond acceptors (Lipinski definition) is 7. The predicted octanol–water partition coefficient (Wildman–Crippen LogP) is 4.10. The molecule has 0 atom stereocenters. The number of nitrogens with one attached hydrogen (secondary N) is 1. The normalized spacial score (nSPS) is 10.8. The van der Waals surface area contributed by atoms with Crippen molar-refractivity contribution in [3.8, 4) is 5.75 Å². The van der Waals surface area contributed by atoms with Crippen LogP contribution in [0.3, 0.4) is 0 Å². The van der Waals surface area contributed by atoms with Crippen LogP contribution >= 0.6 is 11.3 Å². The lowest BCUT2D eigenvalue weighted by Gasteiger charge is -2.10. The Balaban J connectivity index is 0.00000117. The first-order chi connectivity index (χ1) is 12.7. The van der Waals surface area contributed by atoms with Gasteiger partial charge in [-0.2, -0.15) is 5.10 Å². The van der Waals surface area contributed by atoms with Crippen LogP contribution in [0.4, 0.5) is 5.13 Å². The van der Waals surface area contributed by atoms with Gasteiger partial charge in [0.2, 0.25) is 5.13 Å². The third-order valence-corrected chi connectivity index (χ3v) is 4.13. The first-order valence-corrected chi connectivity index (χ1v) is 9.40. The summed E-state index contributed by atoms with van der Waals surface area (Å²) in [7, 11) is 4.05. The van der Waals surface area contributed by atoms with Gasteiger partial charge in [0.1, 0.15) is 12.4 Å². The van der Waals surface area contributed by atoms with E-state index in [-0.39, 0.29) is 0 Å². The molecule has 0 saturated carbocycles. The van der Waals surface area contributed by atoms with Gasteiger partial charge >= 0.3 is 0 Å². The van der Waals surface area contributed by atoms with Crippen LogP contribution < -0.4 is 10.2 Å². The van der Waals surface area contributed by atoms with Crippen molar-refractivity contribution in [2.45, 2.75) is 13.8 Å². The lowest BCUT2D eigenvalue weighted by Crippen LogP contribution is -2.19. The molecule has 0 unspecified atom stereocenters. The summed E-state index contributed by atoms with van der Waals surface area (Å²) in [5.74, 6) is 0.858. The van der Waals surface area contributed by atoms with E-state index in [1.807, 2.05) is 64.3 Å². The van der Waals surface area contributed by atoms with Gasteiger partial charge in [0.05, 0.1) is 22.1 Å². The van der Waals surface area contributed by atoms with Gasteiger partial charge in [0, 0.05) is 12.7 Å². The molecule has 6 nitrogen and oxygen atoms in total. The van der Waals surface area contributed by atoms with Crippen molar-refractivity contribution in [1.82, 2.24) is 14.9 Å². The number of hydrogen-bond donors (Lipinski definition) is 1. The summed E-state index contributed by atoms with van der Waals surface area (Å²) in [5, 5.41) is 4.91. The number of fused-ring (bicyclic) bond motifs is 1. The van der Waals surface area contributed by atoms with E-state index >= 15 is 0 Å². The Hall–Kier alpha value is -2.51. The van der Waals surface area contributed by atoms with Crippen molar-refractivity contribution in [1.29, 1.82) is 0 Å². The van der Waals surface area contributed by atoms with Crippen LogP contribution in [-0.4, -0.2) is 48.3 Å². The molecule has 0 aliphatic heterocycles. The molecule has 3 aromatic rings. The van der Waals surface area contributed by atoms with Crippen molar-refractivity contribution >= 4 is 32.9 Å². The second-order valence-corrected chi connectivity index (χ2v) is 6.46. The molecule has 0 radical (unpaired) electrons. The van der Waals surface area contributed by atoms with Gasteiger partial charge < -0.3 is 9.64 Å². The first kappa shape index (κ1) is 19.8.